The molecule has 27 heavy (non-hydrogen) atoms. The summed E-state index contributed by atoms with van der Waals surface area (Å²) < 4.78 is 23.3. The van der Waals surface area contributed by atoms with Gasteiger partial charge in [-0.1, -0.05) is 12.1 Å². The van der Waals surface area contributed by atoms with Gasteiger partial charge in [0.15, 0.2) is 5.96 Å². The van der Waals surface area contributed by atoms with Gasteiger partial charge in [0.2, 0.25) is 5.91 Å². The first-order valence-corrected chi connectivity index (χ1v) is 8.61. The van der Waals surface area contributed by atoms with E-state index in [9.17, 15) is 9.18 Å². The fourth-order valence-corrected chi connectivity index (χ4v) is 2.24. The number of guanidine groups is 1. The van der Waals surface area contributed by atoms with E-state index < -0.39 is 11.8 Å². The summed E-state index contributed by atoms with van der Waals surface area (Å²) in [5, 5.41) is 6.25. The summed E-state index contributed by atoms with van der Waals surface area (Å²) in [7, 11) is 3.29. The minimum atomic E-state index is -0.420. The van der Waals surface area contributed by atoms with Crippen LogP contribution in [0.5, 0.6) is 0 Å². The van der Waals surface area contributed by atoms with Crippen LogP contribution in [0.25, 0.3) is 0 Å². The van der Waals surface area contributed by atoms with Crippen LogP contribution in [0.2, 0.25) is 0 Å². The minimum Gasteiger partial charge on any atom is -0.382 e. The lowest BCUT2D eigenvalue weighted by molar-refractivity contribution is -0.121. The van der Waals surface area contributed by atoms with Crippen molar-refractivity contribution in [2.75, 3.05) is 47.1 Å². The molecule has 1 aromatic carbocycles. The van der Waals surface area contributed by atoms with Crippen LogP contribution in [-0.4, -0.2) is 58.9 Å². The lowest BCUT2D eigenvalue weighted by Gasteiger charge is -2.17. The summed E-state index contributed by atoms with van der Waals surface area (Å²) in [6.45, 7) is 2.82. The molecule has 1 aromatic rings. The average molecular weight is 496 g/mol. The molecule has 154 valence electrons. The summed E-state index contributed by atoms with van der Waals surface area (Å²) in [5.74, 6) is -0.550. The molecule has 1 rings (SSSR count). The highest BCUT2D eigenvalue weighted by Crippen LogP contribution is 2.09. The highest BCUT2D eigenvalue weighted by atomic mass is 127. The van der Waals surface area contributed by atoms with Gasteiger partial charge in [0.25, 0.3) is 0 Å². The molecule has 0 aromatic heterocycles. The molecule has 0 bridgehead atoms. The summed E-state index contributed by atoms with van der Waals surface area (Å²) in [6, 6.07) is 6.05. The number of nitrogens with one attached hydrogen (secondary N) is 2. The van der Waals surface area contributed by atoms with Crippen LogP contribution in [0, 0.1) is 11.7 Å². The summed E-state index contributed by atoms with van der Waals surface area (Å²) in [4.78, 5) is 15.8. The van der Waals surface area contributed by atoms with Crippen LogP contribution in [0.1, 0.15) is 12.0 Å². The van der Waals surface area contributed by atoms with Crippen LogP contribution in [0.4, 0.5) is 4.39 Å². The van der Waals surface area contributed by atoms with Crippen molar-refractivity contribution in [1.82, 2.24) is 10.6 Å². The smallest absolute Gasteiger partial charge is 0.222 e. The van der Waals surface area contributed by atoms with Gasteiger partial charge >= 0.3 is 0 Å². The number of primary amides is 1. The molecule has 7 nitrogen and oxygen atoms in total. The Kier molecular flexibility index (Phi) is 14.7. The molecule has 1 unspecified atom stereocenters. The van der Waals surface area contributed by atoms with Crippen molar-refractivity contribution in [3.8, 4) is 0 Å². The van der Waals surface area contributed by atoms with Gasteiger partial charge in [0.05, 0.1) is 19.1 Å². The Hall–Kier alpha value is -1.46. The number of methoxy groups -OCH3 is 1. The standard InChI is InChI=1S/C18H29FN4O3.HI/c1-21-18(22-8-3-9-26-11-10-25-2)23-13-15(17(20)24)12-14-4-6-16(19)7-5-14;/h4-7,15H,3,8-13H2,1-2H3,(H2,20,24)(H2,21,22,23);1H. The van der Waals surface area contributed by atoms with E-state index in [2.05, 4.69) is 15.6 Å². The third kappa shape index (κ3) is 11.8. The van der Waals surface area contributed by atoms with E-state index in [1.165, 1.54) is 12.1 Å². The highest BCUT2D eigenvalue weighted by molar-refractivity contribution is 14.0. The second kappa shape index (κ2) is 15.6. The number of aliphatic imine (C=N–C) groups is 1. The Labute approximate surface area is 177 Å². The molecule has 4 N–H and O–H groups in total. The molecule has 0 aliphatic heterocycles. The number of nitrogens with two attached hydrogens (primary N) is 1. The van der Waals surface area contributed by atoms with Crippen LogP contribution >= 0.6 is 24.0 Å². The van der Waals surface area contributed by atoms with E-state index in [1.807, 2.05) is 0 Å². The first-order chi connectivity index (χ1) is 12.6. The number of carbonyl (C=O) groups excluding carboxylic acids is 1. The van der Waals surface area contributed by atoms with E-state index in [1.54, 1.807) is 26.3 Å². The molecule has 0 heterocycles. The SMILES string of the molecule is CN=C(NCCCOCCOC)NCC(Cc1ccc(F)cc1)C(N)=O.I. The number of rotatable bonds is 12. The summed E-state index contributed by atoms with van der Waals surface area (Å²) in [6.07, 6.45) is 1.26. The van der Waals surface area contributed by atoms with Crippen LogP contribution in [0.3, 0.4) is 0 Å². The van der Waals surface area contributed by atoms with Gasteiger partial charge in [-0.05, 0) is 30.5 Å². The predicted octanol–water partition coefficient (Wildman–Crippen LogP) is 1.31. The van der Waals surface area contributed by atoms with Crippen molar-refractivity contribution in [1.29, 1.82) is 0 Å². The maximum absolute atomic E-state index is 13.0. The second-order valence-electron chi connectivity index (χ2n) is 5.77. The number of hydrogen-bond donors (Lipinski definition) is 3. The first-order valence-electron chi connectivity index (χ1n) is 8.61. The van der Waals surface area contributed by atoms with E-state index in [0.717, 1.165) is 12.0 Å². The molecular formula is C18H30FIN4O3. The Morgan fingerprint density at radius 1 is 1.22 bits per heavy atom. The summed E-state index contributed by atoms with van der Waals surface area (Å²) in [5.41, 5.74) is 6.34. The molecule has 0 saturated heterocycles. The number of nitrogens with zero attached hydrogens (tertiary/aromatic N) is 1. The van der Waals surface area contributed by atoms with E-state index in [4.69, 9.17) is 15.2 Å². The minimum absolute atomic E-state index is 0. The maximum Gasteiger partial charge on any atom is 0.222 e. The predicted molar refractivity (Wildman–Crippen MR) is 115 cm³/mol. The third-order valence-corrected chi connectivity index (χ3v) is 3.73. The fourth-order valence-electron chi connectivity index (χ4n) is 2.24. The largest absolute Gasteiger partial charge is 0.382 e. The average Bonchev–Trinajstić information content (AvgIpc) is 2.63. The third-order valence-electron chi connectivity index (χ3n) is 3.73. The van der Waals surface area contributed by atoms with Crippen molar-refractivity contribution >= 4 is 35.8 Å². The Morgan fingerprint density at radius 2 is 1.93 bits per heavy atom. The lowest BCUT2D eigenvalue weighted by atomic mass is 9.98. The molecule has 0 radical (unpaired) electrons. The Morgan fingerprint density at radius 3 is 2.52 bits per heavy atom. The van der Waals surface area contributed by atoms with Gasteiger partial charge in [-0.15, -0.1) is 24.0 Å². The molecule has 0 spiro atoms. The quantitative estimate of drug-likeness (QED) is 0.176. The van der Waals surface area contributed by atoms with Crippen molar-refractivity contribution in [2.24, 2.45) is 16.6 Å². The van der Waals surface area contributed by atoms with Gasteiger partial charge in [0.1, 0.15) is 5.82 Å². The van der Waals surface area contributed by atoms with Crippen molar-refractivity contribution in [2.45, 2.75) is 12.8 Å². The Balaban J connectivity index is 0.00000676. The zero-order chi connectivity index (χ0) is 19.2. The number of ether oxygens (including phenoxy) is 2. The van der Waals surface area contributed by atoms with Crippen LogP contribution in [-0.2, 0) is 20.7 Å². The van der Waals surface area contributed by atoms with Crippen LogP contribution in [0.15, 0.2) is 29.3 Å². The zero-order valence-corrected chi connectivity index (χ0v) is 18.2. The molecule has 0 fully saturated rings. The van der Waals surface area contributed by atoms with Gasteiger partial charge in [-0.25, -0.2) is 4.39 Å². The first kappa shape index (κ1) is 25.5. The lowest BCUT2D eigenvalue weighted by Crippen LogP contribution is -2.43. The highest BCUT2D eigenvalue weighted by Gasteiger charge is 2.16. The van der Waals surface area contributed by atoms with Crippen LogP contribution < -0.4 is 16.4 Å². The molecule has 1 atom stereocenters. The van der Waals surface area contributed by atoms with E-state index >= 15 is 0 Å². The maximum atomic E-state index is 13.0. The number of carbonyl (C=O) groups is 1. The number of benzene rings is 1. The monoisotopic (exact) mass is 496 g/mol. The number of hydrogen-bond acceptors (Lipinski definition) is 4. The molecule has 0 aliphatic carbocycles. The fraction of sp³-hybridized carbons (Fsp3) is 0.556. The van der Waals surface area contributed by atoms with Crippen molar-refractivity contribution in [3.05, 3.63) is 35.6 Å². The normalized spacial score (nSPS) is 12.2. The van der Waals surface area contributed by atoms with E-state index in [0.29, 0.717) is 45.3 Å². The van der Waals surface area contributed by atoms with Gasteiger partial charge in [-0.2, -0.15) is 0 Å². The number of amides is 1. The summed E-state index contributed by atoms with van der Waals surface area (Å²) >= 11 is 0. The zero-order valence-electron chi connectivity index (χ0n) is 15.9. The topological polar surface area (TPSA) is 98.0 Å². The molecule has 0 aliphatic rings. The van der Waals surface area contributed by atoms with Gasteiger partial charge in [-0.3, -0.25) is 9.79 Å². The molecule has 0 saturated carbocycles. The molecule has 1 amide bonds. The van der Waals surface area contributed by atoms with E-state index in [-0.39, 0.29) is 29.8 Å². The van der Waals surface area contributed by atoms with Gasteiger partial charge < -0.3 is 25.8 Å². The molecule has 9 heteroatoms. The van der Waals surface area contributed by atoms with Crippen molar-refractivity contribution < 1.29 is 18.7 Å². The van der Waals surface area contributed by atoms with Gasteiger partial charge in [0, 0.05) is 33.9 Å². The Bertz CT molecular complexity index is 558. The van der Waals surface area contributed by atoms with Crippen molar-refractivity contribution in [3.63, 3.8) is 0 Å². The second-order valence-corrected chi connectivity index (χ2v) is 5.77. The molecular weight excluding hydrogens is 466 g/mol. The number of halogens is 2.